The molecule has 0 bridgehead atoms. The van der Waals surface area contributed by atoms with Gasteiger partial charge in [0.1, 0.15) is 0 Å². The maximum atomic E-state index is 11.4. The summed E-state index contributed by atoms with van der Waals surface area (Å²) in [4.78, 5) is 22.6. The van der Waals surface area contributed by atoms with Gasteiger partial charge in [0.05, 0.1) is 6.04 Å². The molecule has 1 amide bonds. The maximum Gasteiger partial charge on any atom is 0.289 e. The van der Waals surface area contributed by atoms with Crippen LogP contribution in [0.4, 0.5) is 0 Å². The van der Waals surface area contributed by atoms with Gasteiger partial charge in [-0.15, -0.1) is 6.58 Å². The van der Waals surface area contributed by atoms with Gasteiger partial charge in [-0.1, -0.05) is 32.2 Å². The molecule has 80 valence electrons. The fraction of sp³-hybridized carbons (Fsp3) is 0.556. The van der Waals surface area contributed by atoms with Gasteiger partial charge < -0.3 is 5.32 Å². The quantitative estimate of drug-likeness (QED) is 0.329. The van der Waals surface area contributed by atoms with E-state index < -0.39 is 17.7 Å². The average molecular weight is 216 g/mol. The van der Waals surface area contributed by atoms with E-state index in [1.807, 2.05) is 6.92 Å². The minimum absolute atomic E-state index is 0.302. The van der Waals surface area contributed by atoms with Crippen LogP contribution in [0, 0.1) is 0 Å². The first-order valence-corrected chi connectivity index (χ1v) is 4.94. The van der Waals surface area contributed by atoms with E-state index in [-0.39, 0.29) is 0 Å². The van der Waals surface area contributed by atoms with E-state index in [0.29, 0.717) is 13.0 Å². The van der Waals surface area contributed by atoms with Crippen molar-refractivity contribution in [3.63, 3.8) is 0 Å². The fourth-order valence-electron chi connectivity index (χ4n) is 0.953. The van der Waals surface area contributed by atoms with E-state index in [1.54, 1.807) is 0 Å². The van der Waals surface area contributed by atoms with E-state index in [4.69, 9.17) is 0 Å². The molecule has 0 aliphatic rings. The van der Waals surface area contributed by atoms with Gasteiger partial charge in [-0.25, -0.2) is 0 Å². The number of Topliss-reactive ketones (excluding diaryl/α,β-unsaturated/α-hetero) is 1. The second-order valence-electron chi connectivity index (χ2n) is 2.83. The van der Waals surface area contributed by atoms with Crippen molar-refractivity contribution in [2.24, 2.45) is 0 Å². The van der Waals surface area contributed by atoms with Gasteiger partial charge in [-0.3, -0.25) is 14.3 Å². The Morgan fingerprint density at radius 3 is 2.64 bits per heavy atom. The van der Waals surface area contributed by atoms with Crippen LogP contribution in [0.5, 0.6) is 0 Å². The third kappa shape index (κ3) is 4.43. The monoisotopic (exact) mass is 216 g/mol. The van der Waals surface area contributed by atoms with Crippen LogP contribution in [0.1, 0.15) is 19.8 Å². The van der Waals surface area contributed by atoms with Crippen molar-refractivity contribution >= 4 is 24.5 Å². The summed E-state index contributed by atoms with van der Waals surface area (Å²) in [6.45, 7) is 5.68. The molecule has 5 heteroatoms. The first-order chi connectivity index (χ1) is 6.67. The number of hydrogen-bond donors (Lipinski definition) is 3. The number of nitrogens with one attached hydrogen (secondary N) is 2. The molecular weight excluding hydrogens is 200 g/mol. The molecule has 0 heterocycles. The van der Waals surface area contributed by atoms with Crippen LogP contribution in [0.3, 0.4) is 0 Å². The summed E-state index contributed by atoms with van der Waals surface area (Å²) in [5, 5.41) is 2.42. The Labute approximate surface area is 89.7 Å². The average Bonchev–Trinajstić information content (AvgIpc) is 2.21. The highest BCUT2D eigenvalue weighted by Gasteiger charge is 2.22. The van der Waals surface area contributed by atoms with Gasteiger partial charge in [0.25, 0.3) is 5.91 Å². The van der Waals surface area contributed by atoms with Gasteiger partial charge in [0.2, 0.25) is 5.78 Å². The van der Waals surface area contributed by atoms with Gasteiger partial charge in [0, 0.05) is 6.54 Å². The zero-order chi connectivity index (χ0) is 11.0. The smallest absolute Gasteiger partial charge is 0.289 e. The van der Waals surface area contributed by atoms with Crippen molar-refractivity contribution in [3.05, 3.63) is 12.7 Å². The van der Waals surface area contributed by atoms with Crippen LogP contribution in [0.15, 0.2) is 12.7 Å². The zero-order valence-corrected chi connectivity index (χ0v) is 9.14. The minimum Gasteiger partial charge on any atom is -0.346 e. The van der Waals surface area contributed by atoms with Gasteiger partial charge in [0.15, 0.2) is 0 Å². The van der Waals surface area contributed by atoms with Crippen molar-refractivity contribution in [1.29, 1.82) is 0 Å². The second kappa shape index (κ2) is 7.58. The van der Waals surface area contributed by atoms with Crippen molar-refractivity contribution < 1.29 is 9.59 Å². The van der Waals surface area contributed by atoms with Crippen LogP contribution < -0.4 is 10.0 Å². The molecule has 2 N–H and O–H groups in total. The minimum atomic E-state index is -0.593. The number of ketones is 1. The summed E-state index contributed by atoms with van der Waals surface area (Å²) in [7, 11) is 0. The van der Waals surface area contributed by atoms with E-state index in [0.717, 1.165) is 6.42 Å². The first kappa shape index (κ1) is 13.2. The molecule has 0 aromatic carbocycles. The van der Waals surface area contributed by atoms with E-state index >= 15 is 0 Å². The lowest BCUT2D eigenvalue weighted by atomic mass is 10.1. The molecule has 0 fully saturated rings. The highest BCUT2D eigenvalue weighted by Crippen LogP contribution is 1.99. The largest absolute Gasteiger partial charge is 0.346 e. The molecule has 0 aromatic rings. The predicted octanol–water partition coefficient (Wildman–Crippen LogP) is 0.461. The van der Waals surface area contributed by atoms with Crippen LogP contribution >= 0.6 is 12.8 Å². The van der Waals surface area contributed by atoms with E-state index in [9.17, 15) is 9.59 Å². The Hall–Kier alpha value is -0.810. The Morgan fingerprint density at radius 2 is 2.21 bits per heavy atom. The molecule has 14 heavy (non-hydrogen) atoms. The summed E-state index contributed by atoms with van der Waals surface area (Å²) in [6, 6.07) is -0.506. The lowest BCUT2D eigenvalue weighted by Gasteiger charge is -2.11. The highest BCUT2D eigenvalue weighted by atomic mass is 32.1. The van der Waals surface area contributed by atoms with Gasteiger partial charge in [-0.05, 0) is 6.42 Å². The summed E-state index contributed by atoms with van der Waals surface area (Å²) in [6.07, 6.45) is 2.94. The summed E-state index contributed by atoms with van der Waals surface area (Å²) < 4.78 is 2.52. The van der Waals surface area contributed by atoms with Crippen molar-refractivity contribution in [3.8, 4) is 0 Å². The standard InChI is InChI=1S/C9H16N2O2S/c1-3-5-7(11-14)8(12)9(13)10-6-4-2/h4,7,11,14H,2-3,5-6H2,1H3,(H,10,13). The molecule has 0 aromatic heterocycles. The molecular formula is C9H16N2O2S. The van der Waals surface area contributed by atoms with Crippen molar-refractivity contribution in [2.75, 3.05) is 6.54 Å². The molecule has 0 saturated heterocycles. The summed E-state index contributed by atoms with van der Waals surface area (Å²) >= 11 is 3.80. The van der Waals surface area contributed by atoms with Gasteiger partial charge >= 0.3 is 0 Å². The summed E-state index contributed by atoms with van der Waals surface area (Å²) in [5.41, 5.74) is 0. The maximum absolute atomic E-state index is 11.4. The topological polar surface area (TPSA) is 58.2 Å². The van der Waals surface area contributed by atoms with Crippen molar-refractivity contribution in [2.45, 2.75) is 25.8 Å². The first-order valence-electron chi connectivity index (χ1n) is 4.49. The van der Waals surface area contributed by atoms with Gasteiger partial charge in [-0.2, -0.15) is 0 Å². The Morgan fingerprint density at radius 1 is 1.57 bits per heavy atom. The van der Waals surface area contributed by atoms with E-state index in [1.165, 1.54) is 6.08 Å². The zero-order valence-electron chi connectivity index (χ0n) is 8.25. The Balaban J connectivity index is 4.12. The van der Waals surface area contributed by atoms with Crippen molar-refractivity contribution in [1.82, 2.24) is 10.0 Å². The molecule has 0 aliphatic carbocycles. The van der Waals surface area contributed by atoms with Crippen LogP contribution in [0.2, 0.25) is 0 Å². The second-order valence-corrected chi connectivity index (χ2v) is 3.09. The lowest BCUT2D eigenvalue weighted by Crippen LogP contribution is -2.42. The molecule has 0 rings (SSSR count). The van der Waals surface area contributed by atoms with Crippen LogP contribution in [-0.2, 0) is 9.59 Å². The molecule has 1 atom stereocenters. The fourth-order valence-corrected chi connectivity index (χ4v) is 1.20. The molecule has 1 unspecified atom stereocenters. The number of carbonyl (C=O) groups is 2. The SMILES string of the molecule is C=CCNC(=O)C(=O)C(CCC)NS. The van der Waals surface area contributed by atoms with E-state index in [2.05, 4.69) is 29.4 Å². The summed E-state index contributed by atoms with van der Waals surface area (Å²) in [5.74, 6) is -1.08. The Kier molecular flexibility index (Phi) is 7.14. The molecule has 0 saturated carbocycles. The molecule has 0 radical (unpaired) electrons. The molecule has 4 nitrogen and oxygen atoms in total. The third-order valence-corrected chi connectivity index (χ3v) is 1.99. The number of rotatable bonds is 7. The van der Waals surface area contributed by atoms with Crippen LogP contribution in [0.25, 0.3) is 0 Å². The highest BCUT2D eigenvalue weighted by molar-refractivity contribution is 7.78. The number of carbonyl (C=O) groups excluding carboxylic acids is 2. The normalized spacial score (nSPS) is 11.9. The Bertz CT molecular complexity index is 219. The molecule has 0 aliphatic heterocycles. The van der Waals surface area contributed by atoms with Crippen LogP contribution in [-0.4, -0.2) is 24.3 Å². The number of hydrogen-bond acceptors (Lipinski definition) is 4. The number of thiol groups is 1. The third-order valence-electron chi connectivity index (χ3n) is 1.68. The lowest BCUT2D eigenvalue weighted by molar-refractivity contribution is -0.138. The number of amides is 1. The predicted molar refractivity (Wildman–Crippen MR) is 59.0 cm³/mol. The molecule has 0 spiro atoms.